The van der Waals surface area contributed by atoms with Crippen LogP contribution in [0, 0.1) is 0 Å². The molecule has 1 aromatic rings. The van der Waals surface area contributed by atoms with Crippen molar-refractivity contribution in [1.29, 1.82) is 0 Å². The number of rotatable bonds is 2. The van der Waals surface area contributed by atoms with E-state index in [1.807, 2.05) is 0 Å². The number of carbonyl (C=O) groups is 2. The van der Waals surface area contributed by atoms with Crippen molar-refractivity contribution < 1.29 is 9.59 Å². The minimum Gasteiger partial charge on any atom is -0.384 e. The van der Waals surface area contributed by atoms with Crippen molar-refractivity contribution in [3.63, 3.8) is 0 Å². The molecule has 19 heavy (non-hydrogen) atoms. The van der Waals surface area contributed by atoms with Gasteiger partial charge >= 0.3 is 0 Å². The number of likely N-dealkylation sites (N-methyl/N-ethyl adjacent to an activating group) is 1. The first-order valence-corrected chi connectivity index (χ1v) is 6.32. The summed E-state index contributed by atoms with van der Waals surface area (Å²) in [6, 6.07) is 2.98. The average molecular weight is 283 g/mol. The Bertz CT molecular complexity index is 520. The first-order chi connectivity index (χ1) is 8.97. The Morgan fingerprint density at radius 3 is 3.00 bits per heavy atom. The molecule has 1 saturated heterocycles. The lowest BCUT2D eigenvalue weighted by atomic mass is 10.1. The van der Waals surface area contributed by atoms with Gasteiger partial charge in [0.15, 0.2) is 0 Å². The van der Waals surface area contributed by atoms with Gasteiger partial charge < -0.3 is 16.0 Å². The Hall–Kier alpha value is -1.82. The topological polar surface area (TPSA) is 88.3 Å². The van der Waals surface area contributed by atoms with E-state index >= 15 is 0 Å². The lowest BCUT2D eigenvalue weighted by Gasteiger charge is -2.30. The number of likely N-dealkylation sites (tertiary alicyclic amines) is 1. The fourth-order valence-electron chi connectivity index (χ4n) is 2.00. The summed E-state index contributed by atoms with van der Waals surface area (Å²) in [6.45, 7) is 0.491. The summed E-state index contributed by atoms with van der Waals surface area (Å²) in [4.78, 5) is 28.9. The van der Waals surface area contributed by atoms with Crippen LogP contribution < -0.4 is 11.1 Å². The molecule has 6 nitrogen and oxygen atoms in total. The summed E-state index contributed by atoms with van der Waals surface area (Å²) in [5.74, 6) is -0.0406. The number of nitrogens with one attached hydrogen (secondary N) is 1. The number of aromatic nitrogens is 1. The monoisotopic (exact) mass is 282 g/mol. The zero-order valence-corrected chi connectivity index (χ0v) is 11.3. The Morgan fingerprint density at radius 1 is 1.58 bits per heavy atom. The molecule has 3 N–H and O–H groups in total. The van der Waals surface area contributed by atoms with E-state index < -0.39 is 0 Å². The quantitative estimate of drug-likeness (QED) is 0.834. The van der Waals surface area contributed by atoms with Crippen molar-refractivity contribution in [2.75, 3.05) is 19.3 Å². The maximum Gasteiger partial charge on any atom is 0.271 e. The van der Waals surface area contributed by atoms with Gasteiger partial charge in [-0.15, -0.1) is 0 Å². The zero-order chi connectivity index (χ0) is 14.0. The summed E-state index contributed by atoms with van der Waals surface area (Å²) in [5, 5.41) is 3.08. The zero-order valence-electron chi connectivity index (χ0n) is 10.5. The van der Waals surface area contributed by atoms with Crippen LogP contribution in [-0.4, -0.2) is 41.3 Å². The molecule has 102 valence electrons. The van der Waals surface area contributed by atoms with Gasteiger partial charge in [0.05, 0.1) is 5.02 Å². The molecule has 0 radical (unpaired) electrons. The van der Waals surface area contributed by atoms with Crippen molar-refractivity contribution >= 4 is 29.2 Å². The maximum absolute atomic E-state index is 12.1. The molecule has 0 bridgehead atoms. The molecule has 0 saturated carbocycles. The molecule has 7 heteroatoms. The summed E-state index contributed by atoms with van der Waals surface area (Å²) in [5.41, 5.74) is 5.65. The van der Waals surface area contributed by atoms with Gasteiger partial charge in [-0.3, -0.25) is 9.59 Å². The molecule has 1 fully saturated rings. The molecule has 1 aliphatic heterocycles. The molecule has 0 aromatic carbocycles. The summed E-state index contributed by atoms with van der Waals surface area (Å²) in [6.07, 6.45) is 1.05. The van der Waals surface area contributed by atoms with Gasteiger partial charge in [-0.2, -0.15) is 0 Å². The maximum atomic E-state index is 12.1. The van der Waals surface area contributed by atoms with Crippen LogP contribution in [0.1, 0.15) is 23.3 Å². The molecule has 1 aliphatic rings. The SMILES string of the molecule is CN1CC(NC(=O)c2nc(N)ccc2Cl)CCC1=O. The number of piperidine rings is 1. The minimum atomic E-state index is -0.370. The van der Waals surface area contributed by atoms with Crippen LogP contribution in [0.2, 0.25) is 5.02 Å². The van der Waals surface area contributed by atoms with Crippen molar-refractivity contribution in [1.82, 2.24) is 15.2 Å². The number of carbonyl (C=O) groups excluding carboxylic acids is 2. The third kappa shape index (κ3) is 3.14. The van der Waals surface area contributed by atoms with Gasteiger partial charge in [-0.25, -0.2) is 4.98 Å². The molecule has 0 aliphatic carbocycles. The Balaban J connectivity index is 2.05. The number of amides is 2. The average Bonchev–Trinajstić information content (AvgIpc) is 2.36. The molecular weight excluding hydrogens is 268 g/mol. The highest BCUT2D eigenvalue weighted by Crippen LogP contribution is 2.16. The third-order valence-corrected chi connectivity index (χ3v) is 3.35. The van der Waals surface area contributed by atoms with Crippen LogP contribution >= 0.6 is 11.6 Å². The van der Waals surface area contributed by atoms with E-state index in [1.54, 1.807) is 11.9 Å². The van der Waals surface area contributed by atoms with Crippen LogP contribution in [0.25, 0.3) is 0 Å². The standard InChI is InChI=1S/C12H15ClN4O2/c1-17-6-7(2-5-10(17)18)15-12(19)11-8(13)3-4-9(14)16-11/h3-4,7H,2,5-6H2,1H3,(H2,14,16)(H,15,19). The number of pyridine rings is 1. The fourth-order valence-corrected chi connectivity index (χ4v) is 2.19. The van der Waals surface area contributed by atoms with Crippen LogP contribution in [-0.2, 0) is 4.79 Å². The Kier molecular flexibility index (Phi) is 3.90. The molecular formula is C12H15ClN4O2. The van der Waals surface area contributed by atoms with Crippen molar-refractivity contribution in [3.05, 3.63) is 22.8 Å². The van der Waals surface area contributed by atoms with Crippen molar-refractivity contribution in [2.24, 2.45) is 0 Å². The Morgan fingerprint density at radius 2 is 2.32 bits per heavy atom. The second kappa shape index (κ2) is 5.44. The summed E-state index contributed by atoms with van der Waals surface area (Å²) < 4.78 is 0. The third-order valence-electron chi connectivity index (χ3n) is 3.04. The predicted molar refractivity (Wildman–Crippen MR) is 71.8 cm³/mol. The van der Waals surface area contributed by atoms with Gasteiger partial charge in [0.1, 0.15) is 11.5 Å². The molecule has 1 unspecified atom stereocenters. The van der Waals surface area contributed by atoms with Crippen molar-refractivity contribution in [2.45, 2.75) is 18.9 Å². The van der Waals surface area contributed by atoms with Gasteiger partial charge in [-0.1, -0.05) is 11.6 Å². The largest absolute Gasteiger partial charge is 0.384 e. The first-order valence-electron chi connectivity index (χ1n) is 5.94. The molecule has 2 heterocycles. The lowest BCUT2D eigenvalue weighted by molar-refractivity contribution is -0.132. The number of hydrogen-bond donors (Lipinski definition) is 2. The summed E-state index contributed by atoms with van der Waals surface area (Å²) >= 11 is 5.92. The van der Waals surface area contributed by atoms with Crippen LogP contribution in [0.15, 0.2) is 12.1 Å². The molecule has 2 amide bonds. The van der Waals surface area contributed by atoms with Gasteiger partial charge in [-0.05, 0) is 18.6 Å². The van der Waals surface area contributed by atoms with E-state index in [9.17, 15) is 9.59 Å². The van der Waals surface area contributed by atoms with Gasteiger partial charge in [0.25, 0.3) is 5.91 Å². The van der Waals surface area contributed by atoms with Crippen LogP contribution in [0.3, 0.4) is 0 Å². The minimum absolute atomic E-state index is 0.0884. The molecule has 1 atom stereocenters. The van der Waals surface area contributed by atoms with E-state index in [0.717, 1.165) is 0 Å². The second-order valence-corrected chi connectivity index (χ2v) is 4.96. The molecule has 0 spiro atoms. The lowest BCUT2D eigenvalue weighted by Crippen LogP contribution is -2.48. The Labute approximate surface area is 115 Å². The summed E-state index contributed by atoms with van der Waals surface area (Å²) in [7, 11) is 1.71. The van der Waals surface area contributed by atoms with Crippen molar-refractivity contribution in [3.8, 4) is 0 Å². The van der Waals surface area contributed by atoms with Gasteiger partial charge in [0.2, 0.25) is 5.91 Å². The molecule has 2 rings (SSSR count). The number of halogens is 1. The van der Waals surface area contributed by atoms with Crippen LogP contribution in [0.4, 0.5) is 5.82 Å². The number of hydrogen-bond acceptors (Lipinski definition) is 4. The number of nitrogen functional groups attached to an aromatic ring is 1. The van der Waals surface area contributed by atoms with Crippen LogP contribution in [0.5, 0.6) is 0 Å². The predicted octanol–water partition coefficient (Wildman–Crippen LogP) is 0.668. The number of nitrogens with two attached hydrogens (primary N) is 1. The normalized spacial score (nSPS) is 19.4. The highest BCUT2D eigenvalue weighted by atomic mass is 35.5. The van der Waals surface area contributed by atoms with E-state index in [2.05, 4.69) is 10.3 Å². The fraction of sp³-hybridized carbons (Fsp3) is 0.417. The number of nitrogens with zero attached hydrogens (tertiary/aromatic N) is 2. The smallest absolute Gasteiger partial charge is 0.271 e. The van der Waals surface area contributed by atoms with E-state index in [1.165, 1.54) is 12.1 Å². The highest BCUT2D eigenvalue weighted by Gasteiger charge is 2.25. The molecule has 1 aromatic heterocycles. The van der Waals surface area contributed by atoms with E-state index in [0.29, 0.717) is 19.4 Å². The van der Waals surface area contributed by atoms with E-state index in [-0.39, 0.29) is 34.4 Å². The second-order valence-electron chi connectivity index (χ2n) is 4.55. The first kappa shape index (κ1) is 13.6. The highest BCUT2D eigenvalue weighted by molar-refractivity contribution is 6.33. The number of anilines is 1. The van der Waals surface area contributed by atoms with Gasteiger partial charge in [0, 0.05) is 26.1 Å². The van der Waals surface area contributed by atoms with E-state index in [4.69, 9.17) is 17.3 Å².